The van der Waals surface area contributed by atoms with E-state index in [0.29, 0.717) is 0 Å². The van der Waals surface area contributed by atoms with Gasteiger partial charge in [0.1, 0.15) is 11.9 Å². The molecule has 2 rings (SSSR count). The van der Waals surface area contributed by atoms with Gasteiger partial charge in [0.25, 0.3) is 0 Å². The Labute approximate surface area is 128 Å². The number of hydrogen-bond acceptors (Lipinski definition) is 2. The van der Waals surface area contributed by atoms with Crippen LogP contribution in [0.5, 0.6) is 5.75 Å². The van der Waals surface area contributed by atoms with E-state index in [0.717, 1.165) is 25.4 Å². The van der Waals surface area contributed by atoms with Crippen molar-refractivity contribution in [1.82, 2.24) is 4.90 Å². The molecule has 1 atom stereocenters. The Balaban J connectivity index is 2.17. The Bertz CT molecular complexity index is 517. The van der Waals surface area contributed by atoms with Crippen LogP contribution in [-0.2, 0) is 0 Å². The molecule has 0 fully saturated rings. The normalized spacial score (nSPS) is 12.4. The Hall–Kier alpha value is -1.80. The van der Waals surface area contributed by atoms with Crippen LogP contribution in [0.25, 0.3) is 0 Å². The number of ether oxygens (including phenoxy) is 1. The van der Waals surface area contributed by atoms with E-state index in [4.69, 9.17) is 4.74 Å². The highest BCUT2D eigenvalue weighted by Crippen LogP contribution is 2.23. The molecule has 0 heterocycles. The van der Waals surface area contributed by atoms with Crippen molar-refractivity contribution in [3.63, 3.8) is 0 Å². The van der Waals surface area contributed by atoms with Gasteiger partial charge in [0.05, 0.1) is 0 Å². The van der Waals surface area contributed by atoms with Crippen LogP contribution in [-0.4, -0.2) is 24.5 Å². The molecule has 0 aliphatic rings. The lowest BCUT2D eigenvalue weighted by molar-refractivity contribution is 0.140. The summed E-state index contributed by atoms with van der Waals surface area (Å²) in [6.07, 6.45) is 0.0637. The first-order valence-electron chi connectivity index (χ1n) is 7.73. The zero-order chi connectivity index (χ0) is 15.1. The Morgan fingerprint density at radius 2 is 1.52 bits per heavy atom. The van der Waals surface area contributed by atoms with Crippen LogP contribution in [0.15, 0.2) is 54.6 Å². The monoisotopic (exact) mass is 283 g/mol. The maximum atomic E-state index is 6.25. The van der Waals surface area contributed by atoms with Gasteiger partial charge in [0, 0.05) is 6.54 Å². The second-order valence-electron chi connectivity index (χ2n) is 5.32. The maximum absolute atomic E-state index is 6.25. The fraction of sp³-hybridized carbons (Fsp3) is 0.368. The van der Waals surface area contributed by atoms with E-state index >= 15 is 0 Å². The lowest BCUT2D eigenvalue weighted by Gasteiger charge is -2.26. The van der Waals surface area contributed by atoms with Crippen molar-refractivity contribution in [2.75, 3.05) is 19.6 Å². The molecule has 2 aromatic rings. The summed E-state index contributed by atoms with van der Waals surface area (Å²) in [5, 5.41) is 0. The largest absolute Gasteiger partial charge is 0.484 e. The SMILES string of the molecule is CCN(CC)C[C@@H](Oc1ccc(C)cc1)c1ccccc1. The second kappa shape index (κ2) is 7.84. The van der Waals surface area contributed by atoms with E-state index < -0.39 is 0 Å². The minimum atomic E-state index is 0.0637. The number of nitrogens with zero attached hydrogens (tertiary/aromatic N) is 1. The standard InChI is InChI=1S/C19H25NO/c1-4-20(5-2)15-19(17-9-7-6-8-10-17)21-18-13-11-16(3)12-14-18/h6-14,19H,4-5,15H2,1-3H3/t19-/m1/s1. The highest BCUT2D eigenvalue weighted by atomic mass is 16.5. The molecule has 112 valence electrons. The highest BCUT2D eigenvalue weighted by Gasteiger charge is 2.16. The van der Waals surface area contributed by atoms with E-state index in [9.17, 15) is 0 Å². The summed E-state index contributed by atoms with van der Waals surface area (Å²) < 4.78 is 6.25. The number of hydrogen-bond donors (Lipinski definition) is 0. The second-order valence-corrected chi connectivity index (χ2v) is 5.32. The third-order valence-electron chi connectivity index (χ3n) is 3.79. The first-order chi connectivity index (χ1) is 10.2. The smallest absolute Gasteiger partial charge is 0.136 e. The molecule has 0 saturated heterocycles. The lowest BCUT2D eigenvalue weighted by Crippen LogP contribution is -2.30. The molecule has 0 amide bonds. The highest BCUT2D eigenvalue weighted by molar-refractivity contribution is 5.28. The molecule has 2 aromatic carbocycles. The maximum Gasteiger partial charge on any atom is 0.136 e. The predicted molar refractivity (Wildman–Crippen MR) is 88.8 cm³/mol. The van der Waals surface area contributed by atoms with Gasteiger partial charge in [0.2, 0.25) is 0 Å². The van der Waals surface area contributed by atoms with Gasteiger partial charge in [-0.2, -0.15) is 0 Å². The van der Waals surface area contributed by atoms with Gasteiger partial charge in [-0.25, -0.2) is 0 Å². The van der Waals surface area contributed by atoms with Crippen molar-refractivity contribution in [2.45, 2.75) is 26.9 Å². The Morgan fingerprint density at radius 3 is 2.10 bits per heavy atom. The Kier molecular flexibility index (Phi) is 5.82. The minimum Gasteiger partial charge on any atom is -0.484 e. The third-order valence-corrected chi connectivity index (χ3v) is 3.79. The quantitative estimate of drug-likeness (QED) is 0.744. The molecule has 21 heavy (non-hydrogen) atoms. The average molecular weight is 283 g/mol. The molecule has 0 unspecified atom stereocenters. The number of benzene rings is 2. The van der Waals surface area contributed by atoms with Crippen LogP contribution in [0.1, 0.15) is 31.1 Å². The number of aryl methyl sites for hydroxylation is 1. The van der Waals surface area contributed by atoms with E-state index in [1.165, 1.54) is 11.1 Å². The van der Waals surface area contributed by atoms with Crippen LogP contribution in [0, 0.1) is 6.92 Å². The summed E-state index contributed by atoms with van der Waals surface area (Å²) in [4.78, 5) is 2.39. The topological polar surface area (TPSA) is 12.5 Å². The van der Waals surface area contributed by atoms with Gasteiger partial charge < -0.3 is 4.74 Å². The summed E-state index contributed by atoms with van der Waals surface area (Å²) >= 11 is 0. The van der Waals surface area contributed by atoms with Crippen LogP contribution in [0.2, 0.25) is 0 Å². The van der Waals surface area contributed by atoms with Gasteiger partial charge in [-0.3, -0.25) is 4.90 Å². The van der Waals surface area contributed by atoms with Crippen molar-refractivity contribution in [3.8, 4) is 5.75 Å². The van der Waals surface area contributed by atoms with Crippen LogP contribution in [0.3, 0.4) is 0 Å². The summed E-state index contributed by atoms with van der Waals surface area (Å²) in [5.41, 5.74) is 2.48. The van der Waals surface area contributed by atoms with Gasteiger partial charge >= 0.3 is 0 Å². The summed E-state index contributed by atoms with van der Waals surface area (Å²) in [6, 6.07) is 18.8. The third kappa shape index (κ3) is 4.61. The molecule has 0 radical (unpaired) electrons. The first-order valence-corrected chi connectivity index (χ1v) is 7.73. The van der Waals surface area contributed by atoms with Gasteiger partial charge in [-0.15, -0.1) is 0 Å². The fourth-order valence-corrected chi connectivity index (χ4v) is 2.38. The molecule has 0 aromatic heterocycles. The zero-order valence-electron chi connectivity index (χ0n) is 13.3. The van der Waals surface area contributed by atoms with Gasteiger partial charge in [-0.05, 0) is 37.7 Å². The molecule has 0 bridgehead atoms. The van der Waals surface area contributed by atoms with Crippen molar-refractivity contribution >= 4 is 0 Å². The Morgan fingerprint density at radius 1 is 0.905 bits per heavy atom. The van der Waals surface area contributed by atoms with Gasteiger partial charge in [-0.1, -0.05) is 61.9 Å². The van der Waals surface area contributed by atoms with Crippen LogP contribution < -0.4 is 4.74 Å². The molecule has 0 N–H and O–H groups in total. The van der Waals surface area contributed by atoms with Crippen molar-refractivity contribution in [2.24, 2.45) is 0 Å². The molecule has 2 nitrogen and oxygen atoms in total. The molecular formula is C19H25NO. The average Bonchev–Trinajstić information content (AvgIpc) is 2.54. The molecule has 0 aliphatic carbocycles. The van der Waals surface area contributed by atoms with Crippen LogP contribution in [0.4, 0.5) is 0 Å². The fourth-order valence-electron chi connectivity index (χ4n) is 2.38. The first kappa shape index (κ1) is 15.6. The molecular weight excluding hydrogens is 258 g/mol. The van der Waals surface area contributed by atoms with E-state index in [1.807, 2.05) is 18.2 Å². The van der Waals surface area contributed by atoms with Crippen molar-refractivity contribution < 1.29 is 4.74 Å². The van der Waals surface area contributed by atoms with Crippen molar-refractivity contribution in [3.05, 3.63) is 65.7 Å². The summed E-state index contributed by atoms with van der Waals surface area (Å²) in [5.74, 6) is 0.932. The lowest BCUT2D eigenvalue weighted by atomic mass is 10.1. The molecule has 0 spiro atoms. The van der Waals surface area contributed by atoms with E-state index in [2.05, 4.69) is 62.1 Å². The molecule has 2 heteroatoms. The summed E-state index contributed by atoms with van der Waals surface area (Å²) in [7, 11) is 0. The minimum absolute atomic E-state index is 0.0637. The van der Waals surface area contributed by atoms with Crippen molar-refractivity contribution in [1.29, 1.82) is 0 Å². The number of likely N-dealkylation sites (N-methyl/N-ethyl adjacent to an activating group) is 1. The summed E-state index contributed by atoms with van der Waals surface area (Å²) in [6.45, 7) is 9.46. The number of rotatable bonds is 7. The predicted octanol–water partition coefficient (Wildman–Crippen LogP) is 4.46. The molecule has 0 saturated carbocycles. The van der Waals surface area contributed by atoms with Gasteiger partial charge in [0.15, 0.2) is 0 Å². The van der Waals surface area contributed by atoms with Crippen LogP contribution >= 0.6 is 0 Å². The van der Waals surface area contributed by atoms with E-state index in [-0.39, 0.29) is 6.10 Å². The van der Waals surface area contributed by atoms with E-state index in [1.54, 1.807) is 0 Å². The molecule has 0 aliphatic heterocycles. The zero-order valence-corrected chi connectivity index (χ0v) is 13.3.